The van der Waals surface area contributed by atoms with Crippen LogP contribution in [0.3, 0.4) is 0 Å². The molecule has 0 radical (unpaired) electrons. The van der Waals surface area contributed by atoms with Crippen LogP contribution in [0.2, 0.25) is 0 Å². The van der Waals surface area contributed by atoms with Gasteiger partial charge in [0.2, 0.25) is 0 Å². The van der Waals surface area contributed by atoms with E-state index in [1.165, 1.54) is 0 Å². The van der Waals surface area contributed by atoms with E-state index in [9.17, 15) is 4.79 Å². The average molecular weight is 324 g/mol. The fourth-order valence-corrected chi connectivity index (χ4v) is 2.42. The lowest BCUT2D eigenvalue weighted by Crippen LogP contribution is -2.23. The highest BCUT2D eigenvalue weighted by molar-refractivity contribution is 5.84. The average Bonchev–Trinajstić information content (AvgIpc) is 2.84. The lowest BCUT2D eigenvalue weighted by atomic mass is 10.2. The Bertz CT molecular complexity index is 770. The van der Waals surface area contributed by atoms with Crippen molar-refractivity contribution < 1.29 is 14.3 Å². The Balaban J connectivity index is 2.15. The van der Waals surface area contributed by atoms with Crippen LogP contribution < -0.4 is 14.5 Å². The molecule has 7 heteroatoms. The zero-order valence-corrected chi connectivity index (χ0v) is 13.4. The van der Waals surface area contributed by atoms with Crippen LogP contribution >= 0.6 is 0 Å². The number of carbonyl (C=O) groups is 1. The van der Waals surface area contributed by atoms with Crippen LogP contribution in [0.15, 0.2) is 42.2 Å². The fraction of sp³-hybridized carbons (Fsp3) is 0.235. The van der Waals surface area contributed by atoms with Gasteiger partial charge in [-0.25, -0.2) is 4.79 Å². The first-order valence-corrected chi connectivity index (χ1v) is 7.11. The monoisotopic (exact) mass is 324 g/mol. The summed E-state index contributed by atoms with van der Waals surface area (Å²) < 4.78 is 10.4. The summed E-state index contributed by atoms with van der Waals surface area (Å²) in [4.78, 5) is 14.5. The highest BCUT2D eigenvalue weighted by Crippen LogP contribution is 2.42. The molecule has 0 aromatic heterocycles. The summed E-state index contributed by atoms with van der Waals surface area (Å²) in [5.41, 5.74) is 1.71. The molecule has 1 aliphatic heterocycles. The highest BCUT2D eigenvalue weighted by atomic mass is 16.6. The van der Waals surface area contributed by atoms with Gasteiger partial charge in [-0.3, -0.25) is 0 Å². The minimum atomic E-state index is -0.496. The number of carbonyl (C=O) groups excluding carboxylic acids is 1. The zero-order chi connectivity index (χ0) is 17.7. The van der Waals surface area contributed by atoms with Gasteiger partial charge in [0, 0.05) is 26.2 Å². The standard InChI is InChI=1S/C17H16N4O3/c1-4-16(22)24-8-7-23-13-5-6-14-15(9-13)21(3)17(20(14)2)12(10-18)11-19/h4-6,9H,1,7-8H2,2-3H3. The van der Waals surface area contributed by atoms with Crippen LogP contribution in [0.1, 0.15) is 0 Å². The van der Waals surface area contributed by atoms with E-state index in [1.54, 1.807) is 36.0 Å². The number of rotatable bonds is 5. The molecule has 0 saturated carbocycles. The Kier molecular flexibility index (Phi) is 5.08. The van der Waals surface area contributed by atoms with Crippen molar-refractivity contribution in [3.8, 4) is 17.9 Å². The summed E-state index contributed by atoms with van der Waals surface area (Å²) in [6, 6.07) is 9.25. The number of hydrogen-bond acceptors (Lipinski definition) is 7. The van der Waals surface area contributed by atoms with Crippen LogP contribution in [0.4, 0.5) is 11.4 Å². The van der Waals surface area contributed by atoms with E-state index in [-0.39, 0.29) is 18.8 Å². The van der Waals surface area contributed by atoms with Crippen molar-refractivity contribution >= 4 is 17.3 Å². The Hall–Kier alpha value is -3.45. The molecule has 0 unspecified atom stereocenters. The SMILES string of the molecule is C=CC(=O)OCCOc1ccc2c(c1)N(C)C(=C(C#N)C#N)N2C. The zero-order valence-electron chi connectivity index (χ0n) is 13.4. The molecule has 0 amide bonds. The van der Waals surface area contributed by atoms with E-state index in [1.807, 2.05) is 18.2 Å². The molecule has 0 aliphatic carbocycles. The first kappa shape index (κ1) is 16.9. The van der Waals surface area contributed by atoms with Crippen molar-refractivity contribution in [1.29, 1.82) is 10.5 Å². The quantitative estimate of drug-likeness (QED) is 0.354. The van der Waals surface area contributed by atoms with Gasteiger partial charge in [-0.2, -0.15) is 10.5 Å². The Morgan fingerprint density at radius 2 is 1.88 bits per heavy atom. The van der Waals surface area contributed by atoms with Gasteiger partial charge in [0.1, 0.15) is 36.9 Å². The van der Waals surface area contributed by atoms with Gasteiger partial charge in [-0.1, -0.05) is 6.58 Å². The predicted octanol–water partition coefficient (Wildman–Crippen LogP) is 1.94. The molecule has 0 fully saturated rings. The maximum Gasteiger partial charge on any atom is 0.330 e. The molecule has 2 rings (SSSR count). The van der Waals surface area contributed by atoms with Crippen molar-refractivity contribution in [2.75, 3.05) is 37.1 Å². The number of nitriles is 2. The summed E-state index contributed by atoms with van der Waals surface area (Å²) in [5.74, 6) is 0.622. The van der Waals surface area contributed by atoms with E-state index in [0.717, 1.165) is 17.5 Å². The maximum atomic E-state index is 10.9. The van der Waals surface area contributed by atoms with E-state index >= 15 is 0 Å². The van der Waals surface area contributed by atoms with Gasteiger partial charge in [0.15, 0.2) is 5.57 Å². The molecule has 24 heavy (non-hydrogen) atoms. The number of fused-ring (bicyclic) bond motifs is 1. The third-order valence-corrected chi connectivity index (χ3v) is 3.52. The van der Waals surface area contributed by atoms with Crippen LogP contribution in [0.25, 0.3) is 0 Å². The molecule has 0 spiro atoms. The van der Waals surface area contributed by atoms with Gasteiger partial charge in [-0.15, -0.1) is 0 Å². The summed E-state index contributed by atoms with van der Waals surface area (Å²) in [5, 5.41) is 18.2. The predicted molar refractivity (Wildman–Crippen MR) is 88.2 cm³/mol. The van der Waals surface area contributed by atoms with Gasteiger partial charge in [0.25, 0.3) is 0 Å². The topological polar surface area (TPSA) is 89.6 Å². The van der Waals surface area contributed by atoms with Gasteiger partial charge < -0.3 is 19.3 Å². The van der Waals surface area contributed by atoms with Crippen LogP contribution in [0, 0.1) is 22.7 Å². The highest BCUT2D eigenvalue weighted by Gasteiger charge is 2.29. The second kappa shape index (κ2) is 7.21. The van der Waals surface area contributed by atoms with Crippen molar-refractivity contribution in [3.05, 3.63) is 42.2 Å². The van der Waals surface area contributed by atoms with Crippen LogP contribution in [0.5, 0.6) is 5.75 Å². The van der Waals surface area contributed by atoms with Crippen LogP contribution in [-0.2, 0) is 9.53 Å². The molecule has 1 aliphatic rings. The minimum absolute atomic E-state index is 0.0370. The number of benzene rings is 1. The summed E-state index contributed by atoms with van der Waals surface area (Å²) >= 11 is 0. The Labute approximate surface area is 140 Å². The van der Waals surface area contributed by atoms with Gasteiger partial charge >= 0.3 is 5.97 Å². The van der Waals surface area contributed by atoms with E-state index < -0.39 is 5.97 Å². The molecular formula is C17H16N4O3. The first-order valence-electron chi connectivity index (χ1n) is 7.11. The molecule has 1 heterocycles. The summed E-state index contributed by atoms with van der Waals surface area (Å²) in [7, 11) is 3.57. The normalized spacial score (nSPS) is 12.1. The Morgan fingerprint density at radius 1 is 1.21 bits per heavy atom. The van der Waals surface area contributed by atoms with E-state index in [2.05, 4.69) is 6.58 Å². The molecule has 1 aromatic carbocycles. The van der Waals surface area contributed by atoms with Crippen molar-refractivity contribution in [2.24, 2.45) is 0 Å². The molecule has 7 nitrogen and oxygen atoms in total. The lowest BCUT2D eigenvalue weighted by molar-refractivity contribution is -0.138. The van der Waals surface area contributed by atoms with Crippen molar-refractivity contribution in [3.63, 3.8) is 0 Å². The number of hydrogen-bond donors (Lipinski definition) is 0. The maximum absolute atomic E-state index is 10.9. The smallest absolute Gasteiger partial charge is 0.330 e. The van der Waals surface area contributed by atoms with Crippen molar-refractivity contribution in [2.45, 2.75) is 0 Å². The molecule has 0 bridgehead atoms. The number of anilines is 2. The van der Waals surface area contributed by atoms with E-state index in [4.69, 9.17) is 20.0 Å². The minimum Gasteiger partial charge on any atom is -0.490 e. The largest absolute Gasteiger partial charge is 0.490 e. The number of ether oxygens (including phenoxy) is 2. The third kappa shape index (κ3) is 3.16. The first-order chi connectivity index (χ1) is 11.5. The Morgan fingerprint density at radius 3 is 2.50 bits per heavy atom. The third-order valence-electron chi connectivity index (χ3n) is 3.52. The fourth-order valence-electron chi connectivity index (χ4n) is 2.42. The van der Waals surface area contributed by atoms with E-state index in [0.29, 0.717) is 11.6 Å². The molecule has 0 saturated heterocycles. The van der Waals surface area contributed by atoms with Crippen LogP contribution in [-0.4, -0.2) is 33.3 Å². The van der Waals surface area contributed by atoms with Crippen molar-refractivity contribution in [1.82, 2.24) is 0 Å². The second-order valence-corrected chi connectivity index (χ2v) is 4.91. The number of nitrogens with zero attached hydrogens (tertiary/aromatic N) is 4. The molecule has 1 aromatic rings. The summed E-state index contributed by atoms with van der Waals surface area (Å²) in [6.45, 7) is 3.64. The summed E-state index contributed by atoms with van der Waals surface area (Å²) in [6.07, 6.45) is 1.09. The molecule has 0 atom stereocenters. The molecular weight excluding hydrogens is 308 g/mol. The molecule has 122 valence electrons. The van der Waals surface area contributed by atoms with Gasteiger partial charge in [-0.05, 0) is 12.1 Å². The van der Waals surface area contributed by atoms with Gasteiger partial charge in [0.05, 0.1) is 11.4 Å². The molecule has 0 N–H and O–H groups in total. The number of allylic oxidation sites excluding steroid dienone is 1. The lowest BCUT2D eigenvalue weighted by Gasteiger charge is -2.17. The number of esters is 1. The second-order valence-electron chi connectivity index (χ2n) is 4.91.